The van der Waals surface area contributed by atoms with E-state index in [0.29, 0.717) is 13.0 Å². The van der Waals surface area contributed by atoms with Gasteiger partial charge >= 0.3 is 0 Å². The minimum Gasteiger partial charge on any atom is -0.355 e. The molecule has 0 aliphatic carbocycles. The van der Waals surface area contributed by atoms with E-state index in [1.807, 2.05) is 0 Å². The van der Waals surface area contributed by atoms with Crippen LogP contribution >= 0.6 is 0 Å². The number of rotatable bonds is 4. The van der Waals surface area contributed by atoms with Crippen LogP contribution in [-0.4, -0.2) is 18.2 Å². The van der Waals surface area contributed by atoms with Crippen molar-refractivity contribution in [3.63, 3.8) is 0 Å². The van der Waals surface area contributed by atoms with Gasteiger partial charge in [-0.2, -0.15) is 5.26 Å². The second-order valence-electron chi connectivity index (χ2n) is 2.32. The lowest BCUT2D eigenvalue weighted by Gasteiger charge is -2.04. The normalized spacial score (nSPS) is 11.4. The van der Waals surface area contributed by atoms with Crippen LogP contribution in [0.1, 0.15) is 13.3 Å². The summed E-state index contributed by atoms with van der Waals surface area (Å²) in [6.07, 6.45) is 0.543. The molecular formula is C8H11N2O2. The topological polar surface area (TPSA) is 70.0 Å². The van der Waals surface area contributed by atoms with Gasteiger partial charge in [-0.3, -0.25) is 9.59 Å². The van der Waals surface area contributed by atoms with E-state index in [2.05, 4.69) is 12.2 Å². The number of hydrogen-bond acceptors (Lipinski definition) is 3. The highest BCUT2D eigenvalue weighted by atomic mass is 16.2. The van der Waals surface area contributed by atoms with Crippen molar-refractivity contribution in [3.05, 3.63) is 6.92 Å². The molecule has 0 saturated carbocycles. The van der Waals surface area contributed by atoms with Gasteiger partial charge in [0.05, 0.1) is 6.07 Å². The number of nitrogens with zero attached hydrogens (tertiary/aromatic N) is 1. The number of nitrogens with one attached hydrogen (secondary N) is 1. The van der Waals surface area contributed by atoms with Crippen molar-refractivity contribution >= 4 is 11.7 Å². The van der Waals surface area contributed by atoms with Crippen LogP contribution in [-0.2, 0) is 9.59 Å². The molecule has 0 aromatic heterocycles. The third-order valence-electron chi connectivity index (χ3n) is 1.27. The smallest absolute Gasteiger partial charge is 0.244 e. The maximum Gasteiger partial charge on any atom is 0.244 e. The molecule has 0 aliphatic rings. The summed E-state index contributed by atoms with van der Waals surface area (Å²) in [6, 6.07) is 1.63. The lowest BCUT2D eigenvalue weighted by Crippen LogP contribution is -2.33. The fourth-order valence-electron chi connectivity index (χ4n) is 0.648. The summed E-state index contributed by atoms with van der Waals surface area (Å²) in [5.74, 6) is -2.13. The zero-order valence-corrected chi connectivity index (χ0v) is 6.96. The molecule has 0 rings (SSSR count). The summed E-state index contributed by atoms with van der Waals surface area (Å²) < 4.78 is 0. The first-order valence-electron chi connectivity index (χ1n) is 3.60. The molecule has 0 bridgehead atoms. The fourth-order valence-corrected chi connectivity index (χ4v) is 0.648. The molecule has 1 atom stereocenters. The van der Waals surface area contributed by atoms with Crippen molar-refractivity contribution in [3.8, 4) is 6.07 Å². The molecule has 1 unspecified atom stereocenters. The molecule has 0 heterocycles. The first-order valence-corrected chi connectivity index (χ1v) is 3.60. The van der Waals surface area contributed by atoms with Gasteiger partial charge in [0.2, 0.25) is 5.91 Å². The van der Waals surface area contributed by atoms with Crippen LogP contribution in [0.15, 0.2) is 0 Å². The number of hydrogen-bond donors (Lipinski definition) is 1. The Kier molecular flexibility index (Phi) is 4.70. The van der Waals surface area contributed by atoms with Crippen LogP contribution in [0.2, 0.25) is 0 Å². The second kappa shape index (κ2) is 5.30. The highest BCUT2D eigenvalue weighted by Gasteiger charge is 2.21. The van der Waals surface area contributed by atoms with E-state index in [4.69, 9.17) is 5.26 Å². The average molecular weight is 167 g/mol. The highest BCUT2D eigenvalue weighted by Crippen LogP contribution is 1.95. The molecule has 0 fully saturated rings. The predicted molar refractivity (Wildman–Crippen MR) is 42.8 cm³/mol. The largest absolute Gasteiger partial charge is 0.355 e. The first kappa shape index (κ1) is 10.6. The van der Waals surface area contributed by atoms with Gasteiger partial charge in [-0.1, -0.05) is 6.92 Å². The Morgan fingerprint density at radius 2 is 2.25 bits per heavy atom. The zero-order chi connectivity index (χ0) is 9.56. The van der Waals surface area contributed by atoms with E-state index < -0.39 is 17.6 Å². The molecule has 1 N–H and O–H groups in total. The Morgan fingerprint density at radius 3 is 2.58 bits per heavy atom. The lowest BCUT2D eigenvalue weighted by molar-refractivity contribution is -0.130. The molecule has 0 spiro atoms. The number of ketones is 1. The number of amides is 1. The van der Waals surface area contributed by atoms with Gasteiger partial charge in [0.25, 0.3) is 0 Å². The molecule has 0 aliphatic heterocycles. The number of carbonyl (C=O) groups excluding carboxylic acids is 2. The van der Waals surface area contributed by atoms with Gasteiger partial charge in [-0.25, -0.2) is 0 Å². The monoisotopic (exact) mass is 167 g/mol. The average Bonchev–Trinajstić information content (AvgIpc) is 2.01. The van der Waals surface area contributed by atoms with Gasteiger partial charge in [0.1, 0.15) is 0 Å². The van der Waals surface area contributed by atoms with E-state index in [9.17, 15) is 9.59 Å². The first-order chi connectivity index (χ1) is 5.63. The van der Waals surface area contributed by atoms with E-state index in [1.54, 1.807) is 6.07 Å². The second-order valence-corrected chi connectivity index (χ2v) is 2.32. The van der Waals surface area contributed by atoms with Gasteiger partial charge < -0.3 is 5.32 Å². The Hall–Kier alpha value is -1.37. The summed E-state index contributed by atoms with van der Waals surface area (Å²) in [6.45, 7) is 5.12. The standard InChI is InChI=1S/C8H11N2O2/c1-3-4-10-8(12)7(5-9)6(2)11/h7H,1,3-4H2,2H3,(H,10,12). The molecule has 0 aromatic carbocycles. The SMILES string of the molecule is [CH2]CCNC(=O)C(C#N)C(C)=O. The quantitative estimate of drug-likeness (QED) is 0.602. The van der Waals surface area contributed by atoms with Crippen LogP contribution in [0.25, 0.3) is 0 Å². The van der Waals surface area contributed by atoms with E-state index in [-0.39, 0.29) is 0 Å². The molecule has 4 nitrogen and oxygen atoms in total. The van der Waals surface area contributed by atoms with E-state index >= 15 is 0 Å². The van der Waals surface area contributed by atoms with Crippen LogP contribution in [0.4, 0.5) is 0 Å². The molecule has 65 valence electrons. The minimum atomic E-state index is -1.17. The zero-order valence-electron chi connectivity index (χ0n) is 6.96. The lowest BCUT2D eigenvalue weighted by atomic mass is 10.1. The summed E-state index contributed by atoms with van der Waals surface area (Å²) in [5, 5.41) is 10.8. The third kappa shape index (κ3) is 3.15. The molecule has 1 radical (unpaired) electrons. The molecular weight excluding hydrogens is 156 g/mol. The highest BCUT2D eigenvalue weighted by molar-refractivity contribution is 6.02. The number of nitriles is 1. The van der Waals surface area contributed by atoms with Gasteiger partial charge in [0.15, 0.2) is 11.7 Å². The maximum atomic E-state index is 11.0. The van der Waals surface area contributed by atoms with Gasteiger partial charge in [0, 0.05) is 6.54 Å². The van der Waals surface area contributed by atoms with Crippen LogP contribution in [0.5, 0.6) is 0 Å². The Bertz CT molecular complexity index is 218. The van der Waals surface area contributed by atoms with Crippen molar-refractivity contribution in [1.82, 2.24) is 5.32 Å². The van der Waals surface area contributed by atoms with Crippen molar-refractivity contribution < 1.29 is 9.59 Å². The summed E-state index contributed by atoms with van der Waals surface area (Å²) in [4.78, 5) is 21.7. The molecule has 0 aromatic rings. The summed E-state index contributed by atoms with van der Waals surface area (Å²) in [5.41, 5.74) is 0. The van der Waals surface area contributed by atoms with Crippen LogP contribution in [0, 0.1) is 24.2 Å². The third-order valence-corrected chi connectivity index (χ3v) is 1.27. The van der Waals surface area contributed by atoms with Crippen molar-refractivity contribution in [2.45, 2.75) is 13.3 Å². The van der Waals surface area contributed by atoms with E-state index in [1.165, 1.54) is 6.92 Å². The molecule has 0 saturated heterocycles. The van der Waals surface area contributed by atoms with E-state index in [0.717, 1.165) is 0 Å². The fraction of sp³-hybridized carbons (Fsp3) is 0.500. The Balaban J connectivity index is 4.07. The predicted octanol–water partition coefficient (Wildman–Crippen LogP) is 0.0556. The number of carbonyl (C=O) groups is 2. The van der Waals surface area contributed by atoms with Crippen molar-refractivity contribution in [2.24, 2.45) is 5.92 Å². The Morgan fingerprint density at radius 1 is 1.67 bits per heavy atom. The molecule has 1 amide bonds. The minimum absolute atomic E-state index is 0.393. The van der Waals surface area contributed by atoms with Gasteiger partial charge in [-0.05, 0) is 13.3 Å². The molecule has 4 heteroatoms. The maximum absolute atomic E-state index is 11.0. The van der Waals surface area contributed by atoms with Gasteiger partial charge in [-0.15, -0.1) is 0 Å². The van der Waals surface area contributed by atoms with Crippen LogP contribution < -0.4 is 5.32 Å². The van der Waals surface area contributed by atoms with Crippen molar-refractivity contribution in [1.29, 1.82) is 5.26 Å². The van der Waals surface area contributed by atoms with Crippen molar-refractivity contribution in [2.75, 3.05) is 6.54 Å². The molecule has 12 heavy (non-hydrogen) atoms. The Labute approximate surface area is 71.6 Å². The summed E-state index contributed by atoms with van der Waals surface area (Å²) >= 11 is 0. The summed E-state index contributed by atoms with van der Waals surface area (Å²) in [7, 11) is 0. The number of Topliss-reactive ketones (excluding diaryl/α,β-unsaturated/α-hetero) is 1. The van der Waals surface area contributed by atoms with Crippen LogP contribution in [0.3, 0.4) is 0 Å².